The summed E-state index contributed by atoms with van der Waals surface area (Å²) in [6, 6.07) is 12.7. The fourth-order valence-corrected chi connectivity index (χ4v) is 4.00. The second kappa shape index (κ2) is 8.18. The van der Waals surface area contributed by atoms with E-state index in [0.29, 0.717) is 23.2 Å². The molecule has 2 heterocycles. The summed E-state index contributed by atoms with van der Waals surface area (Å²) in [6.45, 7) is 4.69. The number of para-hydroxylation sites is 2. The number of hydrogen-bond donors (Lipinski definition) is 1. The van der Waals surface area contributed by atoms with Crippen LogP contribution in [0.15, 0.2) is 51.7 Å². The quantitative estimate of drug-likeness (QED) is 0.704. The van der Waals surface area contributed by atoms with E-state index in [1.54, 1.807) is 23.1 Å². The molecule has 1 N–H and O–H groups in total. The fourth-order valence-electron chi connectivity index (χ4n) is 4.00. The lowest BCUT2D eigenvalue weighted by Gasteiger charge is -2.31. The van der Waals surface area contributed by atoms with E-state index >= 15 is 0 Å². The minimum absolute atomic E-state index is 0.0396. The Morgan fingerprint density at radius 1 is 1.13 bits per heavy atom. The predicted octanol–water partition coefficient (Wildman–Crippen LogP) is 3.10. The molecule has 0 saturated heterocycles. The molecule has 0 spiro atoms. The van der Waals surface area contributed by atoms with Gasteiger partial charge in [-0.25, -0.2) is 4.79 Å². The number of carbonyl (C=O) groups excluding carboxylic acids is 2. The average Bonchev–Trinajstić information content (AvgIpc) is 3.05. The van der Waals surface area contributed by atoms with Crippen LogP contribution in [0, 0.1) is 0 Å². The molecule has 30 heavy (non-hydrogen) atoms. The zero-order valence-corrected chi connectivity index (χ0v) is 17.2. The number of amides is 2. The van der Waals surface area contributed by atoms with Gasteiger partial charge in [-0.15, -0.1) is 0 Å². The van der Waals surface area contributed by atoms with Crippen molar-refractivity contribution in [3.63, 3.8) is 0 Å². The maximum Gasteiger partial charge on any atom is 0.419 e. The van der Waals surface area contributed by atoms with Crippen LogP contribution in [0.5, 0.6) is 0 Å². The van der Waals surface area contributed by atoms with Crippen LogP contribution in [0.1, 0.15) is 42.6 Å². The highest BCUT2D eigenvalue weighted by atomic mass is 16.4. The van der Waals surface area contributed by atoms with E-state index in [1.807, 2.05) is 38.1 Å². The molecule has 0 radical (unpaired) electrons. The Hall–Kier alpha value is -3.35. The van der Waals surface area contributed by atoms with Crippen molar-refractivity contribution in [3.8, 4) is 0 Å². The van der Waals surface area contributed by atoms with E-state index in [4.69, 9.17) is 4.42 Å². The fraction of sp³-hybridized carbons (Fsp3) is 0.348. The summed E-state index contributed by atoms with van der Waals surface area (Å²) < 4.78 is 6.74. The highest BCUT2D eigenvalue weighted by Crippen LogP contribution is 2.30. The molecule has 0 atom stereocenters. The molecule has 3 aromatic rings. The molecule has 0 bridgehead atoms. The minimum atomic E-state index is -0.462. The van der Waals surface area contributed by atoms with E-state index in [0.717, 1.165) is 24.1 Å². The third-order valence-electron chi connectivity index (χ3n) is 5.34. The Bertz CT molecular complexity index is 1160. The summed E-state index contributed by atoms with van der Waals surface area (Å²) in [7, 11) is 0. The summed E-state index contributed by atoms with van der Waals surface area (Å²) in [4.78, 5) is 39.5. The molecule has 1 aliphatic heterocycles. The molecular formula is C23H25N3O4. The molecule has 0 unspecified atom stereocenters. The highest BCUT2D eigenvalue weighted by molar-refractivity contribution is 6.01. The lowest BCUT2D eigenvalue weighted by Crippen LogP contribution is -2.38. The number of hydrogen-bond acceptors (Lipinski definition) is 4. The van der Waals surface area contributed by atoms with Crippen molar-refractivity contribution in [2.24, 2.45) is 0 Å². The summed E-state index contributed by atoms with van der Waals surface area (Å²) in [6.07, 6.45) is 1.72. The molecule has 7 nitrogen and oxygen atoms in total. The SMILES string of the molecule is CC(C)NC(=O)c1cccc2c1CCCN2C(=O)CCn1c(=O)oc2ccccc21. The van der Waals surface area contributed by atoms with Crippen LogP contribution in [0.4, 0.5) is 5.69 Å². The number of nitrogens with zero attached hydrogens (tertiary/aromatic N) is 2. The number of benzene rings is 2. The Morgan fingerprint density at radius 2 is 1.93 bits per heavy atom. The van der Waals surface area contributed by atoms with Crippen LogP contribution in [0.25, 0.3) is 11.1 Å². The van der Waals surface area contributed by atoms with Gasteiger partial charge >= 0.3 is 5.76 Å². The maximum atomic E-state index is 13.0. The molecule has 0 fully saturated rings. The number of aryl methyl sites for hydroxylation is 1. The van der Waals surface area contributed by atoms with Crippen molar-refractivity contribution in [3.05, 3.63) is 64.1 Å². The van der Waals surface area contributed by atoms with E-state index in [9.17, 15) is 14.4 Å². The van der Waals surface area contributed by atoms with Gasteiger partial charge in [0.25, 0.3) is 5.91 Å². The molecule has 1 aliphatic rings. The standard InChI is InChI=1S/C23H25N3O4/c1-15(2)24-22(28)17-7-5-10-18-16(17)8-6-13-25(18)21(27)12-14-26-19-9-3-4-11-20(19)30-23(26)29/h3-5,7,9-11,15H,6,8,12-14H2,1-2H3,(H,24,28). The number of nitrogens with one attached hydrogen (secondary N) is 1. The molecule has 7 heteroatoms. The van der Waals surface area contributed by atoms with E-state index < -0.39 is 5.76 Å². The molecule has 1 aromatic heterocycles. The summed E-state index contributed by atoms with van der Waals surface area (Å²) >= 11 is 0. The van der Waals surface area contributed by atoms with Crippen LogP contribution in [-0.4, -0.2) is 29.0 Å². The van der Waals surface area contributed by atoms with Crippen LogP contribution in [-0.2, 0) is 17.8 Å². The summed E-state index contributed by atoms with van der Waals surface area (Å²) in [5, 5.41) is 2.93. The molecule has 4 rings (SSSR count). The van der Waals surface area contributed by atoms with Gasteiger partial charge in [0, 0.05) is 36.8 Å². The molecule has 2 amide bonds. The zero-order chi connectivity index (χ0) is 21.3. The van der Waals surface area contributed by atoms with Gasteiger partial charge in [-0.1, -0.05) is 18.2 Å². The van der Waals surface area contributed by atoms with Crippen LogP contribution in [0.3, 0.4) is 0 Å². The van der Waals surface area contributed by atoms with Crippen LogP contribution >= 0.6 is 0 Å². The van der Waals surface area contributed by atoms with Gasteiger partial charge in [0.1, 0.15) is 0 Å². The van der Waals surface area contributed by atoms with Gasteiger partial charge < -0.3 is 14.6 Å². The second-order valence-corrected chi connectivity index (χ2v) is 7.82. The van der Waals surface area contributed by atoms with Crippen molar-refractivity contribution in [1.82, 2.24) is 9.88 Å². The largest absolute Gasteiger partial charge is 0.419 e. The van der Waals surface area contributed by atoms with Crippen molar-refractivity contribution < 1.29 is 14.0 Å². The van der Waals surface area contributed by atoms with Crippen molar-refractivity contribution in [1.29, 1.82) is 0 Å². The van der Waals surface area contributed by atoms with Crippen molar-refractivity contribution >= 4 is 28.6 Å². The minimum Gasteiger partial charge on any atom is -0.408 e. The lowest BCUT2D eigenvalue weighted by atomic mass is 9.95. The first kappa shape index (κ1) is 19.9. The van der Waals surface area contributed by atoms with Crippen LogP contribution < -0.4 is 16.0 Å². The van der Waals surface area contributed by atoms with Gasteiger partial charge in [-0.2, -0.15) is 0 Å². The molecule has 156 valence electrons. The van der Waals surface area contributed by atoms with Crippen molar-refractivity contribution in [2.45, 2.75) is 45.7 Å². The van der Waals surface area contributed by atoms with Crippen molar-refractivity contribution in [2.75, 3.05) is 11.4 Å². The third-order valence-corrected chi connectivity index (χ3v) is 5.34. The number of carbonyl (C=O) groups is 2. The molecule has 0 saturated carbocycles. The summed E-state index contributed by atoms with van der Waals surface area (Å²) in [5.74, 6) is -0.655. The smallest absolute Gasteiger partial charge is 0.408 e. The van der Waals surface area contributed by atoms with Gasteiger partial charge in [0.2, 0.25) is 5.91 Å². The Kier molecular flexibility index (Phi) is 5.44. The topological polar surface area (TPSA) is 84.5 Å². The monoisotopic (exact) mass is 407 g/mol. The number of rotatable bonds is 5. The number of aromatic nitrogens is 1. The van der Waals surface area contributed by atoms with Gasteiger partial charge in [0.05, 0.1) is 5.52 Å². The predicted molar refractivity (Wildman–Crippen MR) is 115 cm³/mol. The number of anilines is 1. The Balaban J connectivity index is 1.56. The van der Waals surface area contributed by atoms with E-state index in [-0.39, 0.29) is 30.8 Å². The normalized spacial score (nSPS) is 13.5. The number of fused-ring (bicyclic) bond motifs is 2. The van der Waals surface area contributed by atoms with Crippen LogP contribution in [0.2, 0.25) is 0 Å². The Labute approximate surface area is 174 Å². The third kappa shape index (κ3) is 3.75. The first-order valence-electron chi connectivity index (χ1n) is 10.3. The molecule has 0 aliphatic carbocycles. The zero-order valence-electron chi connectivity index (χ0n) is 17.2. The first-order chi connectivity index (χ1) is 14.5. The highest BCUT2D eigenvalue weighted by Gasteiger charge is 2.26. The van der Waals surface area contributed by atoms with Gasteiger partial charge in [-0.3, -0.25) is 14.2 Å². The van der Waals surface area contributed by atoms with Gasteiger partial charge in [-0.05, 0) is 56.5 Å². The average molecular weight is 407 g/mol. The molecular weight excluding hydrogens is 382 g/mol. The molecule has 2 aromatic carbocycles. The number of oxazole rings is 1. The summed E-state index contributed by atoms with van der Waals surface area (Å²) in [5.41, 5.74) is 3.50. The lowest BCUT2D eigenvalue weighted by molar-refractivity contribution is -0.118. The maximum absolute atomic E-state index is 13.0. The first-order valence-corrected chi connectivity index (χ1v) is 10.3. The van der Waals surface area contributed by atoms with E-state index in [1.165, 1.54) is 4.57 Å². The van der Waals surface area contributed by atoms with Gasteiger partial charge in [0.15, 0.2) is 5.58 Å². The van der Waals surface area contributed by atoms with E-state index in [2.05, 4.69) is 5.32 Å². The Morgan fingerprint density at radius 3 is 2.73 bits per heavy atom. The second-order valence-electron chi connectivity index (χ2n) is 7.82.